The van der Waals surface area contributed by atoms with E-state index in [0.29, 0.717) is 23.7 Å². The molecule has 0 bridgehead atoms. The van der Waals surface area contributed by atoms with E-state index in [1.807, 2.05) is 0 Å². The van der Waals surface area contributed by atoms with Crippen molar-refractivity contribution in [3.63, 3.8) is 0 Å². The van der Waals surface area contributed by atoms with Gasteiger partial charge in [0.1, 0.15) is 17.4 Å². The van der Waals surface area contributed by atoms with Crippen molar-refractivity contribution in [1.82, 2.24) is 15.6 Å². The zero-order valence-electron chi connectivity index (χ0n) is 13.5. The van der Waals surface area contributed by atoms with Crippen LogP contribution in [0.5, 0.6) is 11.6 Å². The molecule has 6 nitrogen and oxygen atoms in total. The first kappa shape index (κ1) is 17.2. The Balaban J connectivity index is 1.76. The second kappa shape index (κ2) is 7.98. The Labute approximate surface area is 150 Å². The molecule has 0 saturated carbocycles. The maximum Gasteiger partial charge on any atom is 0.257 e. The summed E-state index contributed by atoms with van der Waals surface area (Å²) in [6.07, 6.45) is 3.95. The number of nitrogens with one attached hydrogen (secondary N) is 2. The van der Waals surface area contributed by atoms with Crippen molar-refractivity contribution < 1.29 is 14.3 Å². The first-order chi connectivity index (χ1) is 12.1. The van der Waals surface area contributed by atoms with Crippen LogP contribution in [0.2, 0.25) is 5.02 Å². The Kier molecular flexibility index (Phi) is 5.50. The number of nitrogens with zero attached hydrogens (tertiary/aromatic N) is 1. The number of carbonyl (C=O) groups excluding carboxylic acids is 2. The molecule has 1 saturated heterocycles. The largest absolute Gasteiger partial charge is 0.438 e. The fourth-order valence-corrected chi connectivity index (χ4v) is 2.70. The molecule has 1 aliphatic heterocycles. The summed E-state index contributed by atoms with van der Waals surface area (Å²) in [6.45, 7) is 0.642. The highest BCUT2D eigenvalue weighted by Crippen LogP contribution is 2.24. The number of carbonyl (C=O) groups is 2. The smallest absolute Gasteiger partial charge is 0.257 e. The number of hydrogen-bond acceptors (Lipinski definition) is 4. The lowest BCUT2D eigenvalue weighted by Crippen LogP contribution is -2.45. The first-order valence-electron chi connectivity index (χ1n) is 8.10. The van der Waals surface area contributed by atoms with E-state index >= 15 is 0 Å². The summed E-state index contributed by atoms with van der Waals surface area (Å²) in [5.41, 5.74) is 0.273. The van der Waals surface area contributed by atoms with Crippen LogP contribution in [0, 0.1) is 0 Å². The number of rotatable bonds is 4. The number of aromatic nitrogens is 1. The van der Waals surface area contributed by atoms with Crippen molar-refractivity contribution in [2.75, 3.05) is 6.54 Å². The molecule has 1 atom stereocenters. The topological polar surface area (TPSA) is 80.3 Å². The van der Waals surface area contributed by atoms with Crippen LogP contribution >= 0.6 is 11.6 Å². The van der Waals surface area contributed by atoms with Crippen LogP contribution < -0.4 is 15.4 Å². The summed E-state index contributed by atoms with van der Waals surface area (Å²) in [7, 11) is 0. The van der Waals surface area contributed by atoms with Gasteiger partial charge in [-0.3, -0.25) is 9.59 Å². The normalized spacial score (nSPS) is 17.3. The standard InChI is InChI=1S/C18H18ClN3O3/c19-12-6-8-13(9-7-12)25-18-14(4-3-11-21-18)16(23)22-15-5-1-2-10-20-17(15)24/h3-4,6-9,11,15H,1-2,5,10H2,(H,20,24)(H,22,23). The third kappa shape index (κ3) is 4.48. The molecule has 25 heavy (non-hydrogen) atoms. The van der Waals surface area contributed by atoms with Gasteiger partial charge in [-0.1, -0.05) is 11.6 Å². The maximum absolute atomic E-state index is 12.6. The average molecular weight is 360 g/mol. The second-order valence-electron chi connectivity index (χ2n) is 5.72. The average Bonchev–Trinajstić information content (AvgIpc) is 2.82. The van der Waals surface area contributed by atoms with Gasteiger partial charge in [-0.05, 0) is 55.7 Å². The molecule has 3 rings (SSSR count). The molecular formula is C18H18ClN3O3. The van der Waals surface area contributed by atoms with Crippen LogP contribution in [0.4, 0.5) is 0 Å². The van der Waals surface area contributed by atoms with E-state index < -0.39 is 6.04 Å². The number of ether oxygens (including phenoxy) is 1. The fourth-order valence-electron chi connectivity index (χ4n) is 2.57. The lowest BCUT2D eigenvalue weighted by molar-refractivity contribution is -0.122. The van der Waals surface area contributed by atoms with Crippen LogP contribution in [0.25, 0.3) is 0 Å². The fraction of sp³-hybridized carbons (Fsp3) is 0.278. The molecule has 2 N–H and O–H groups in total. The van der Waals surface area contributed by atoms with Gasteiger partial charge >= 0.3 is 0 Å². The van der Waals surface area contributed by atoms with Crippen molar-refractivity contribution in [2.24, 2.45) is 0 Å². The zero-order chi connectivity index (χ0) is 17.6. The van der Waals surface area contributed by atoms with Crippen molar-refractivity contribution >= 4 is 23.4 Å². The molecule has 1 aromatic carbocycles. The maximum atomic E-state index is 12.6. The molecule has 7 heteroatoms. The van der Waals surface area contributed by atoms with Crippen molar-refractivity contribution in [1.29, 1.82) is 0 Å². The van der Waals surface area contributed by atoms with Crippen molar-refractivity contribution in [2.45, 2.75) is 25.3 Å². The molecule has 1 fully saturated rings. The number of pyridine rings is 1. The summed E-state index contributed by atoms with van der Waals surface area (Å²) < 4.78 is 5.70. The van der Waals surface area contributed by atoms with Gasteiger partial charge in [0.15, 0.2) is 0 Å². The van der Waals surface area contributed by atoms with Crippen LogP contribution in [0.1, 0.15) is 29.6 Å². The van der Waals surface area contributed by atoms with Gasteiger partial charge < -0.3 is 15.4 Å². The van der Waals surface area contributed by atoms with Crippen molar-refractivity contribution in [3.05, 3.63) is 53.2 Å². The third-order valence-electron chi connectivity index (χ3n) is 3.88. The van der Waals surface area contributed by atoms with Gasteiger partial charge in [0.2, 0.25) is 11.8 Å². The van der Waals surface area contributed by atoms with E-state index in [1.54, 1.807) is 42.6 Å². The molecule has 2 aromatic rings. The Bertz CT molecular complexity index is 764. The Morgan fingerprint density at radius 3 is 2.84 bits per heavy atom. The molecule has 1 aliphatic rings. The molecule has 0 radical (unpaired) electrons. The number of hydrogen-bond donors (Lipinski definition) is 2. The van der Waals surface area contributed by atoms with E-state index in [-0.39, 0.29) is 23.3 Å². The minimum Gasteiger partial charge on any atom is -0.438 e. The first-order valence-corrected chi connectivity index (χ1v) is 8.48. The summed E-state index contributed by atoms with van der Waals surface area (Å²) in [5, 5.41) is 6.15. The van der Waals surface area contributed by atoms with Gasteiger partial charge in [-0.15, -0.1) is 0 Å². The van der Waals surface area contributed by atoms with Crippen molar-refractivity contribution in [3.8, 4) is 11.6 Å². The minimum absolute atomic E-state index is 0.157. The predicted molar refractivity (Wildman–Crippen MR) is 93.9 cm³/mol. The molecule has 1 aromatic heterocycles. The molecule has 0 spiro atoms. The highest BCUT2D eigenvalue weighted by atomic mass is 35.5. The van der Waals surface area contributed by atoms with Crippen LogP contribution in [-0.4, -0.2) is 29.4 Å². The van der Waals surface area contributed by atoms with Gasteiger partial charge in [-0.2, -0.15) is 0 Å². The monoisotopic (exact) mass is 359 g/mol. The van der Waals surface area contributed by atoms with Gasteiger partial charge in [0.05, 0.1) is 0 Å². The minimum atomic E-state index is -0.543. The van der Waals surface area contributed by atoms with Crippen LogP contribution in [-0.2, 0) is 4.79 Å². The third-order valence-corrected chi connectivity index (χ3v) is 4.14. The van der Waals surface area contributed by atoms with Crippen LogP contribution in [0.15, 0.2) is 42.6 Å². The Morgan fingerprint density at radius 1 is 1.24 bits per heavy atom. The van der Waals surface area contributed by atoms with Gasteiger partial charge in [-0.25, -0.2) is 4.98 Å². The molecule has 1 unspecified atom stereocenters. The summed E-state index contributed by atoms with van der Waals surface area (Å²) in [4.78, 5) is 28.7. The van der Waals surface area contributed by atoms with Gasteiger partial charge in [0.25, 0.3) is 5.91 Å². The van der Waals surface area contributed by atoms with E-state index in [1.165, 1.54) is 0 Å². The summed E-state index contributed by atoms with van der Waals surface area (Å²) in [5.74, 6) is 0.148. The molecule has 130 valence electrons. The lowest BCUT2D eigenvalue weighted by atomic mass is 10.1. The molecular weight excluding hydrogens is 342 g/mol. The zero-order valence-corrected chi connectivity index (χ0v) is 14.3. The predicted octanol–water partition coefficient (Wildman–Crippen LogP) is 2.93. The second-order valence-corrected chi connectivity index (χ2v) is 6.16. The Hall–Kier alpha value is -2.60. The molecule has 0 aliphatic carbocycles. The SMILES string of the molecule is O=C(NC1CCCCNC1=O)c1cccnc1Oc1ccc(Cl)cc1. The van der Waals surface area contributed by atoms with Crippen LogP contribution in [0.3, 0.4) is 0 Å². The lowest BCUT2D eigenvalue weighted by Gasteiger charge is -2.16. The number of amides is 2. The summed E-state index contributed by atoms with van der Waals surface area (Å²) in [6, 6.07) is 9.48. The van der Waals surface area contributed by atoms with E-state index in [9.17, 15) is 9.59 Å². The highest BCUT2D eigenvalue weighted by molar-refractivity contribution is 6.30. The molecule has 2 heterocycles. The highest BCUT2D eigenvalue weighted by Gasteiger charge is 2.24. The molecule has 2 amide bonds. The Morgan fingerprint density at radius 2 is 2.04 bits per heavy atom. The van der Waals surface area contributed by atoms with E-state index in [0.717, 1.165) is 12.8 Å². The van der Waals surface area contributed by atoms with E-state index in [4.69, 9.17) is 16.3 Å². The summed E-state index contributed by atoms with van der Waals surface area (Å²) >= 11 is 5.86. The number of benzene rings is 1. The number of halogens is 1. The van der Waals surface area contributed by atoms with E-state index in [2.05, 4.69) is 15.6 Å². The van der Waals surface area contributed by atoms with Gasteiger partial charge in [0, 0.05) is 17.8 Å². The quantitative estimate of drug-likeness (QED) is 0.879.